The van der Waals surface area contributed by atoms with E-state index >= 15 is 0 Å². The number of rotatable bonds is 5. The van der Waals surface area contributed by atoms with Gasteiger partial charge >= 0.3 is 0 Å². The topological polar surface area (TPSA) is 32.3 Å². The average Bonchev–Trinajstić information content (AvgIpc) is 2.87. The molecule has 0 fully saturated rings. The fourth-order valence-electron chi connectivity index (χ4n) is 3.04. The first-order valence-corrected chi connectivity index (χ1v) is 8.30. The van der Waals surface area contributed by atoms with Crippen LogP contribution < -0.4 is 5.32 Å². The monoisotopic (exact) mass is 345 g/mol. The van der Waals surface area contributed by atoms with Crippen LogP contribution in [0.25, 0.3) is 0 Å². The largest absolute Gasteiger partial charge is 0.396 e. The number of fused-ring (bicyclic) bond motifs is 1. The molecule has 0 spiro atoms. The Labute approximate surface area is 134 Å². The van der Waals surface area contributed by atoms with E-state index in [0.717, 1.165) is 30.2 Å². The van der Waals surface area contributed by atoms with Crippen LogP contribution in [0.5, 0.6) is 0 Å². The molecule has 1 atom stereocenters. The Hall–Kier alpha value is -1.32. The lowest BCUT2D eigenvalue weighted by molar-refractivity contribution is 0.288. The molecule has 0 bridgehead atoms. The molecule has 2 nitrogen and oxygen atoms in total. The van der Waals surface area contributed by atoms with Gasteiger partial charge < -0.3 is 10.4 Å². The molecule has 21 heavy (non-hydrogen) atoms. The Morgan fingerprint density at radius 3 is 2.95 bits per heavy atom. The maximum Gasteiger partial charge on any atom is 0.0519 e. The molecule has 0 amide bonds. The van der Waals surface area contributed by atoms with Crippen LogP contribution in [0.15, 0.2) is 46.9 Å². The SMILES string of the molecule is OCCCc1cccc(NC2CCc3cc(Br)ccc32)c1. The van der Waals surface area contributed by atoms with Crippen molar-refractivity contribution in [2.45, 2.75) is 31.7 Å². The fraction of sp³-hybridized carbons (Fsp3) is 0.333. The minimum atomic E-state index is 0.253. The van der Waals surface area contributed by atoms with Gasteiger partial charge in [0.25, 0.3) is 0 Å². The van der Waals surface area contributed by atoms with Crippen molar-refractivity contribution in [2.75, 3.05) is 11.9 Å². The highest BCUT2D eigenvalue weighted by Crippen LogP contribution is 2.35. The first-order chi connectivity index (χ1) is 10.3. The van der Waals surface area contributed by atoms with Crippen LogP contribution in [0, 0.1) is 0 Å². The van der Waals surface area contributed by atoms with E-state index in [0.29, 0.717) is 6.04 Å². The Morgan fingerprint density at radius 2 is 2.10 bits per heavy atom. The summed E-state index contributed by atoms with van der Waals surface area (Å²) >= 11 is 3.54. The maximum absolute atomic E-state index is 8.94. The molecule has 1 aliphatic rings. The van der Waals surface area contributed by atoms with Gasteiger partial charge in [-0.2, -0.15) is 0 Å². The summed E-state index contributed by atoms with van der Waals surface area (Å²) in [5, 5.41) is 12.6. The molecule has 0 aliphatic heterocycles. The standard InChI is InChI=1S/C18H20BrNO/c19-15-7-8-17-14(12-15)6-9-18(17)20-16-5-1-3-13(11-16)4-2-10-21/h1,3,5,7-8,11-12,18,20-21H,2,4,6,9-10H2. The van der Waals surface area contributed by atoms with Gasteiger partial charge in [0, 0.05) is 16.8 Å². The van der Waals surface area contributed by atoms with Gasteiger partial charge in [0.05, 0.1) is 6.04 Å². The van der Waals surface area contributed by atoms with Gasteiger partial charge in [-0.05, 0) is 66.6 Å². The molecule has 3 heteroatoms. The smallest absolute Gasteiger partial charge is 0.0519 e. The van der Waals surface area contributed by atoms with Crippen LogP contribution in [0.2, 0.25) is 0 Å². The molecule has 2 aromatic rings. The van der Waals surface area contributed by atoms with E-state index in [9.17, 15) is 0 Å². The molecule has 0 aromatic heterocycles. The Morgan fingerprint density at radius 1 is 1.19 bits per heavy atom. The molecule has 110 valence electrons. The summed E-state index contributed by atoms with van der Waals surface area (Å²) in [5.41, 5.74) is 5.31. The normalized spacial score (nSPS) is 16.8. The number of aryl methyl sites for hydroxylation is 2. The first kappa shape index (κ1) is 14.6. The van der Waals surface area contributed by atoms with Crippen LogP contribution in [0.4, 0.5) is 5.69 Å². The van der Waals surface area contributed by atoms with Gasteiger partial charge in [0.15, 0.2) is 0 Å². The zero-order valence-corrected chi connectivity index (χ0v) is 13.6. The lowest BCUT2D eigenvalue weighted by Gasteiger charge is -2.16. The van der Waals surface area contributed by atoms with E-state index in [1.54, 1.807) is 0 Å². The highest BCUT2D eigenvalue weighted by molar-refractivity contribution is 9.10. The summed E-state index contributed by atoms with van der Waals surface area (Å²) in [4.78, 5) is 0. The second kappa shape index (κ2) is 6.63. The van der Waals surface area contributed by atoms with E-state index in [1.807, 2.05) is 0 Å². The number of halogens is 1. The van der Waals surface area contributed by atoms with Gasteiger partial charge in [0.1, 0.15) is 0 Å². The number of hydrogen-bond acceptors (Lipinski definition) is 2. The van der Waals surface area contributed by atoms with Crippen molar-refractivity contribution in [3.8, 4) is 0 Å². The average molecular weight is 346 g/mol. The quantitative estimate of drug-likeness (QED) is 0.837. The van der Waals surface area contributed by atoms with Crippen molar-refractivity contribution in [3.63, 3.8) is 0 Å². The molecular formula is C18H20BrNO. The maximum atomic E-state index is 8.94. The number of hydrogen-bond donors (Lipinski definition) is 2. The van der Waals surface area contributed by atoms with Gasteiger partial charge in [-0.15, -0.1) is 0 Å². The molecule has 1 aliphatic carbocycles. The number of aliphatic hydroxyl groups is 1. The highest BCUT2D eigenvalue weighted by atomic mass is 79.9. The lowest BCUT2D eigenvalue weighted by Crippen LogP contribution is -2.07. The summed E-state index contributed by atoms with van der Waals surface area (Å²) < 4.78 is 1.16. The van der Waals surface area contributed by atoms with Crippen molar-refractivity contribution < 1.29 is 5.11 Å². The number of benzene rings is 2. The van der Waals surface area contributed by atoms with Crippen LogP contribution >= 0.6 is 15.9 Å². The molecule has 0 radical (unpaired) electrons. The number of nitrogens with one attached hydrogen (secondary N) is 1. The molecule has 2 aromatic carbocycles. The molecular weight excluding hydrogens is 326 g/mol. The van der Waals surface area contributed by atoms with Crippen LogP contribution in [0.3, 0.4) is 0 Å². The number of anilines is 1. The van der Waals surface area contributed by atoms with Crippen LogP contribution in [0.1, 0.15) is 35.6 Å². The molecule has 3 rings (SSSR count). The third-order valence-electron chi connectivity index (χ3n) is 4.07. The lowest BCUT2D eigenvalue weighted by atomic mass is 10.1. The van der Waals surface area contributed by atoms with Gasteiger partial charge in [-0.3, -0.25) is 0 Å². The van der Waals surface area contributed by atoms with E-state index < -0.39 is 0 Å². The van der Waals surface area contributed by atoms with Crippen molar-refractivity contribution in [3.05, 3.63) is 63.6 Å². The Bertz CT molecular complexity index is 626. The Kier molecular flexibility index (Phi) is 4.61. The van der Waals surface area contributed by atoms with Crippen LogP contribution in [-0.4, -0.2) is 11.7 Å². The van der Waals surface area contributed by atoms with Crippen molar-refractivity contribution in [1.29, 1.82) is 0 Å². The second-order valence-electron chi connectivity index (χ2n) is 5.61. The minimum Gasteiger partial charge on any atom is -0.396 e. The second-order valence-corrected chi connectivity index (χ2v) is 6.52. The zero-order chi connectivity index (χ0) is 14.7. The van der Waals surface area contributed by atoms with E-state index in [1.165, 1.54) is 22.4 Å². The molecule has 0 saturated carbocycles. The van der Waals surface area contributed by atoms with E-state index in [-0.39, 0.29) is 6.61 Å². The van der Waals surface area contributed by atoms with Gasteiger partial charge in [0.2, 0.25) is 0 Å². The van der Waals surface area contributed by atoms with E-state index in [4.69, 9.17) is 5.11 Å². The Balaban J connectivity index is 1.73. The minimum absolute atomic E-state index is 0.253. The van der Waals surface area contributed by atoms with Gasteiger partial charge in [-0.25, -0.2) is 0 Å². The van der Waals surface area contributed by atoms with Crippen molar-refractivity contribution >= 4 is 21.6 Å². The van der Waals surface area contributed by atoms with Crippen molar-refractivity contribution in [2.24, 2.45) is 0 Å². The highest BCUT2D eigenvalue weighted by Gasteiger charge is 2.22. The van der Waals surface area contributed by atoms with E-state index in [2.05, 4.69) is 63.7 Å². The van der Waals surface area contributed by atoms with Crippen LogP contribution in [-0.2, 0) is 12.8 Å². The molecule has 1 unspecified atom stereocenters. The fourth-order valence-corrected chi connectivity index (χ4v) is 3.45. The third kappa shape index (κ3) is 3.47. The molecule has 0 heterocycles. The summed E-state index contributed by atoms with van der Waals surface area (Å²) in [6.45, 7) is 0.253. The predicted octanol–water partition coefficient (Wildman–Crippen LogP) is 4.47. The van der Waals surface area contributed by atoms with Crippen molar-refractivity contribution in [1.82, 2.24) is 0 Å². The molecule has 2 N–H and O–H groups in total. The summed E-state index contributed by atoms with van der Waals surface area (Å²) in [5.74, 6) is 0. The predicted molar refractivity (Wildman–Crippen MR) is 90.7 cm³/mol. The first-order valence-electron chi connectivity index (χ1n) is 7.51. The summed E-state index contributed by atoms with van der Waals surface area (Å²) in [6.07, 6.45) is 4.03. The number of aliphatic hydroxyl groups excluding tert-OH is 1. The van der Waals surface area contributed by atoms with Gasteiger partial charge in [-0.1, -0.05) is 34.1 Å². The molecule has 0 saturated heterocycles. The third-order valence-corrected chi connectivity index (χ3v) is 4.57. The summed E-state index contributed by atoms with van der Waals surface area (Å²) in [6, 6.07) is 15.5. The summed E-state index contributed by atoms with van der Waals surface area (Å²) in [7, 11) is 0. The zero-order valence-electron chi connectivity index (χ0n) is 12.0.